The van der Waals surface area contributed by atoms with E-state index in [-0.39, 0.29) is 18.4 Å². The van der Waals surface area contributed by atoms with Crippen LogP contribution in [-0.2, 0) is 6.18 Å². The molecule has 0 radical (unpaired) electrons. The number of benzene rings is 2. The molecule has 4 rings (SSSR count). The molecule has 2 aromatic carbocycles. The first-order valence-electron chi connectivity index (χ1n) is 13.0. The number of fused-ring (bicyclic) bond motifs is 1. The van der Waals surface area contributed by atoms with Crippen LogP contribution >= 0.6 is 11.8 Å². The molecule has 2 heterocycles. The molecule has 1 aliphatic heterocycles. The number of ether oxygens (including phenoxy) is 1. The second-order valence-electron chi connectivity index (χ2n) is 9.84. The fourth-order valence-electron chi connectivity index (χ4n) is 5.23. The zero-order chi connectivity index (χ0) is 27.1. The Kier molecular flexibility index (Phi) is 9.90. The van der Waals surface area contributed by atoms with Crippen molar-refractivity contribution in [1.29, 1.82) is 0 Å². The number of halogens is 4. The van der Waals surface area contributed by atoms with E-state index in [2.05, 4.69) is 9.88 Å². The van der Waals surface area contributed by atoms with Crippen molar-refractivity contribution in [3.63, 3.8) is 0 Å². The third-order valence-corrected chi connectivity index (χ3v) is 8.49. The summed E-state index contributed by atoms with van der Waals surface area (Å²) in [5.74, 6) is 1.85. The number of aliphatic hydroxyl groups is 1. The molecule has 3 atom stereocenters. The van der Waals surface area contributed by atoms with Gasteiger partial charge in [0, 0.05) is 29.6 Å². The lowest BCUT2D eigenvalue weighted by Gasteiger charge is -2.38. The summed E-state index contributed by atoms with van der Waals surface area (Å²) in [5, 5.41) is 10.8. The molecule has 1 fully saturated rings. The standard InChI is InChI=1S/C29H34F4N2O2S/c1-37-23-6-10-28-26(17-23)25(11-13-34-28)27(30)9-3-20-12-15-35(18-21(20)19-36)14-2-16-38-24-7-4-22(5-8-24)29(31,32)33/h4-8,10-11,13,17,20-21,27,36H,2-3,9,12,14-16,18-19H2,1H3/t20-,21-,27+/m1/s1. The van der Waals surface area contributed by atoms with Gasteiger partial charge in [0.05, 0.1) is 18.2 Å². The maximum Gasteiger partial charge on any atom is 0.416 e. The van der Waals surface area contributed by atoms with Crippen molar-refractivity contribution < 1.29 is 27.4 Å². The maximum atomic E-state index is 15.4. The molecule has 1 N–H and O–H groups in total. The Balaban J connectivity index is 1.23. The molecule has 3 aromatic rings. The third kappa shape index (κ3) is 7.39. The van der Waals surface area contributed by atoms with Crippen molar-refractivity contribution in [3.05, 3.63) is 65.9 Å². The van der Waals surface area contributed by atoms with Gasteiger partial charge in [-0.2, -0.15) is 13.2 Å². The first-order chi connectivity index (χ1) is 18.3. The van der Waals surface area contributed by atoms with Gasteiger partial charge in [0.15, 0.2) is 0 Å². The molecular formula is C29H34F4N2O2S. The SMILES string of the molecule is COc1ccc2nccc([C@@H](F)CC[C@@H]3CCN(CCCSc4ccc(C(F)(F)F)cc4)C[C@@H]3CO)c2c1. The summed E-state index contributed by atoms with van der Waals surface area (Å²) in [6.45, 7) is 2.62. The van der Waals surface area contributed by atoms with Gasteiger partial charge in [0.25, 0.3) is 0 Å². The van der Waals surface area contributed by atoms with E-state index in [0.717, 1.165) is 66.2 Å². The van der Waals surface area contributed by atoms with E-state index in [0.29, 0.717) is 24.2 Å². The predicted octanol–water partition coefficient (Wildman–Crippen LogP) is 7.17. The molecule has 38 heavy (non-hydrogen) atoms. The molecule has 0 unspecified atom stereocenters. The average Bonchev–Trinajstić information content (AvgIpc) is 2.93. The number of nitrogens with zero attached hydrogens (tertiary/aromatic N) is 2. The van der Waals surface area contributed by atoms with Crippen molar-refractivity contribution in [3.8, 4) is 5.75 Å². The van der Waals surface area contributed by atoms with E-state index >= 15 is 4.39 Å². The minimum atomic E-state index is -4.31. The van der Waals surface area contributed by atoms with Crippen molar-refractivity contribution >= 4 is 22.7 Å². The van der Waals surface area contributed by atoms with Crippen LogP contribution in [0.3, 0.4) is 0 Å². The Morgan fingerprint density at radius 1 is 1.13 bits per heavy atom. The number of hydrogen-bond donors (Lipinski definition) is 1. The monoisotopic (exact) mass is 550 g/mol. The van der Waals surface area contributed by atoms with E-state index in [4.69, 9.17) is 4.74 Å². The van der Waals surface area contributed by atoms with Crippen LogP contribution in [0.5, 0.6) is 5.75 Å². The summed E-state index contributed by atoms with van der Waals surface area (Å²) in [5.41, 5.74) is 0.731. The number of likely N-dealkylation sites (tertiary alicyclic amines) is 1. The minimum Gasteiger partial charge on any atom is -0.497 e. The van der Waals surface area contributed by atoms with E-state index in [9.17, 15) is 18.3 Å². The largest absolute Gasteiger partial charge is 0.497 e. The van der Waals surface area contributed by atoms with Gasteiger partial charge >= 0.3 is 6.18 Å². The van der Waals surface area contributed by atoms with Gasteiger partial charge in [0.1, 0.15) is 11.9 Å². The van der Waals surface area contributed by atoms with Crippen LogP contribution in [0.2, 0.25) is 0 Å². The van der Waals surface area contributed by atoms with Crippen molar-refractivity contribution in [2.45, 2.75) is 42.9 Å². The number of alkyl halides is 4. The first-order valence-corrected chi connectivity index (χ1v) is 14.0. The van der Waals surface area contributed by atoms with Crippen LogP contribution in [0, 0.1) is 11.8 Å². The van der Waals surface area contributed by atoms with Crippen molar-refractivity contribution in [1.82, 2.24) is 9.88 Å². The molecule has 0 bridgehead atoms. The minimum absolute atomic E-state index is 0.0772. The number of piperidine rings is 1. The van der Waals surface area contributed by atoms with E-state index in [1.165, 1.54) is 12.1 Å². The molecule has 9 heteroatoms. The number of rotatable bonds is 11. The molecular weight excluding hydrogens is 516 g/mol. The summed E-state index contributed by atoms with van der Waals surface area (Å²) in [6.07, 6.45) is -0.882. The zero-order valence-electron chi connectivity index (χ0n) is 21.5. The number of aliphatic hydroxyl groups excluding tert-OH is 1. The summed E-state index contributed by atoms with van der Waals surface area (Å²) in [6, 6.07) is 12.5. The Hall–Kier alpha value is -2.36. The smallest absolute Gasteiger partial charge is 0.416 e. The van der Waals surface area contributed by atoms with Crippen LogP contribution < -0.4 is 4.74 Å². The highest BCUT2D eigenvalue weighted by atomic mass is 32.2. The normalized spacial score (nSPS) is 19.5. The molecule has 0 saturated carbocycles. The number of thioether (sulfide) groups is 1. The summed E-state index contributed by atoms with van der Waals surface area (Å²) >= 11 is 1.55. The lowest BCUT2D eigenvalue weighted by Crippen LogP contribution is -2.42. The van der Waals surface area contributed by atoms with Gasteiger partial charge in [-0.3, -0.25) is 4.98 Å². The lowest BCUT2D eigenvalue weighted by molar-refractivity contribution is -0.137. The zero-order valence-corrected chi connectivity index (χ0v) is 22.3. The molecule has 0 spiro atoms. The number of hydrogen-bond acceptors (Lipinski definition) is 5. The molecule has 4 nitrogen and oxygen atoms in total. The van der Waals surface area contributed by atoms with Crippen molar-refractivity contribution in [2.75, 3.05) is 39.1 Å². The molecule has 1 aromatic heterocycles. The second-order valence-corrected chi connectivity index (χ2v) is 11.0. The summed E-state index contributed by atoms with van der Waals surface area (Å²) in [4.78, 5) is 7.50. The highest BCUT2D eigenvalue weighted by molar-refractivity contribution is 7.99. The molecule has 1 saturated heterocycles. The predicted molar refractivity (Wildman–Crippen MR) is 143 cm³/mol. The van der Waals surface area contributed by atoms with E-state index in [1.54, 1.807) is 31.1 Å². The van der Waals surface area contributed by atoms with Gasteiger partial charge in [-0.25, -0.2) is 4.39 Å². The van der Waals surface area contributed by atoms with Gasteiger partial charge in [-0.1, -0.05) is 0 Å². The van der Waals surface area contributed by atoms with E-state index in [1.807, 2.05) is 18.2 Å². The van der Waals surface area contributed by atoms with Crippen LogP contribution in [0.1, 0.15) is 43.0 Å². The second kappa shape index (κ2) is 13.1. The Morgan fingerprint density at radius 2 is 1.92 bits per heavy atom. The fourth-order valence-corrected chi connectivity index (χ4v) is 6.06. The molecule has 1 aliphatic rings. The lowest BCUT2D eigenvalue weighted by atomic mass is 9.81. The quantitative estimate of drug-likeness (QED) is 0.156. The topological polar surface area (TPSA) is 45.6 Å². The Labute approximate surface area is 225 Å². The highest BCUT2D eigenvalue weighted by Crippen LogP contribution is 2.35. The third-order valence-electron chi connectivity index (χ3n) is 7.39. The van der Waals surface area contributed by atoms with Crippen LogP contribution in [0.15, 0.2) is 59.6 Å². The van der Waals surface area contributed by atoms with Crippen LogP contribution in [-0.4, -0.2) is 54.1 Å². The van der Waals surface area contributed by atoms with Crippen LogP contribution in [0.25, 0.3) is 10.9 Å². The number of methoxy groups -OCH3 is 1. The number of pyridine rings is 1. The molecule has 0 amide bonds. The average molecular weight is 551 g/mol. The number of aromatic nitrogens is 1. The van der Waals surface area contributed by atoms with Gasteiger partial charge in [-0.15, -0.1) is 11.8 Å². The van der Waals surface area contributed by atoms with Crippen molar-refractivity contribution in [2.24, 2.45) is 11.8 Å². The van der Waals surface area contributed by atoms with Gasteiger partial charge in [-0.05, 0) is 110 Å². The summed E-state index contributed by atoms with van der Waals surface area (Å²) in [7, 11) is 1.59. The molecule has 0 aliphatic carbocycles. The first kappa shape index (κ1) is 28.6. The maximum absolute atomic E-state index is 15.4. The van der Waals surface area contributed by atoms with E-state index < -0.39 is 17.9 Å². The summed E-state index contributed by atoms with van der Waals surface area (Å²) < 4.78 is 58.8. The van der Waals surface area contributed by atoms with Crippen LogP contribution in [0.4, 0.5) is 17.6 Å². The Bertz CT molecular complexity index is 1180. The fraction of sp³-hybridized carbons (Fsp3) is 0.483. The Morgan fingerprint density at radius 3 is 2.63 bits per heavy atom. The highest BCUT2D eigenvalue weighted by Gasteiger charge is 2.30. The molecule has 206 valence electrons. The van der Waals surface area contributed by atoms with Gasteiger partial charge in [0.2, 0.25) is 0 Å². The van der Waals surface area contributed by atoms with Gasteiger partial charge < -0.3 is 14.7 Å².